The van der Waals surface area contributed by atoms with Gasteiger partial charge in [-0.2, -0.15) is 0 Å². The monoisotopic (exact) mass is 835 g/mol. The summed E-state index contributed by atoms with van der Waals surface area (Å²) in [6, 6.07) is 80.4. The first kappa shape index (κ1) is 36.5. The normalized spacial score (nSPS) is 11.8. The molecule has 0 amide bonds. The lowest BCUT2D eigenvalue weighted by Crippen LogP contribution is -2.09. The van der Waals surface area contributed by atoms with Gasteiger partial charge in [-0.05, 0) is 117 Å². The third-order valence-corrected chi connectivity index (χ3v) is 13.9. The fourth-order valence-electron chi connectivity index (χ4n) is 9.72. The molecule has 3 heterocycles. The number of hydrogen-bond acceptors (Lipinski definition) is 4. The van der Waals surface area contributed by atoms with Gasteiger partial charge in [0.15, 0.2) is 0 Å². The highest BCUT2D eigenvalue weighted by Crippen LogP contribution is 2.43. The molecule has 0 bridgehead atoms. The molecule has 4 heteroatoms. The van der Waals surface area contributed by atoms with Gasteiger partial charge in [0.1, 0.15) is 22.3 Å². The predicted molar refractivity (Wildman–Crippen MR) is 270 cm³/mol. The molecule has 0 unspecified atom stereocenters. The summed E-state index contributed by atoms with van der Waals surface area (Å²) < 4.78 is 15.2. The molecular formula is C60H37NO2S. The third-order valence-electron chi connectivity index (χ3n) is 12.7. The lowest BCUT2D eigenvalue weighted by molar-refractivity contribution is 0.668. The molecule has 3 nitrogen and oxygen atoms in total. The van der Waals surface area contributed by atoms with Crippen LogP contribution in [0.2, 0.25) is 0 Å². The van der Waals surface area contributed by atoms with Gasteiger partial charge in [-0.15, -0.1) is 11.3 Å². The number of hydrogen-bond donors (Lipinski definition) is 0. The number of thiophene rings is 1. The van der Waals surface area contributed by atoms with E-state index in [-0.39, 0.29) is 0 Å². The molecule has 0 saturated heterocycles. The number of para-hydroxylation sites is 2. The summed E-state index contributed by atoms with van der Waals surface area (Å²) in [4.78, 5) is 2.34. The van der Waals surface area contributed by atoms with E-state index in [2.05, 4.69) is 205 Å². The molecule has 0 radical (unpaired) electrons. The van der Waals surface area contributed by atoms with Crippen molar-refractivity contribution in [3.63, 3.8) is 0 Å². The zero-order valence-corrected chi connectivity index (χ0v) is 35.4. The highest BCUT2D eigenvalue weighted by atomic mass is 32.1. The maximum absolute atomic E-state index is 6.25. The van der Waals surface area contributed by atoms with Crippen LogP contribution in [0.1, 0.15) is 0 Å². The standard InChI is InChI=1S/C60H37NO2S/c1-4-16-52-49(10-1)58-46(13-7-18-54(58)62-52)41-28-34-44(35-29-41)61(45-36-30-42(31-37-45)47-14-8-19-55-59(47)50-11-2-5-17-53(50)63-55)43-32-26-39(27-33-43)38-22-24-40(25-23-38)48-15-9-21-57-60(48)51-12-3-6-20-56(51)64-57/h1-37H. The molecule has 0 aliphatic carbocycles. The molecule has 300 valence electrons. The van der Waals surface area contributed by atoms with E-state index in [1.54, 1.807) is 0 Å². The second-order valence-corrected chi connectivity index (χ2v) is 17.5. The predicted octanol–water partition coefficient (Wildman–Crippen LogP) is 18.0. The first-order chi connectivity index (χ1) is 31.7. The molecule has 0 saturated carbocycles. The Bertz CT molecular complexity index is 3720. The highest BCUT2D eigenvalue weighted by molar-refractivity contribution is 7.25. The average Bonchev–Trinajstić information content (AvgIpc) is 4.06. The fourth-order valence-corrected chi connectivity index (χ4v) is 10.9. The minimum absolute atomic E-state index is 0.895. The van der Waals surface area contributed by atoms with Crippen molar-refractivity contribution < 1.29 is 8.83 Å². The third kappa shape index (κ3) is 5.95. The number of rotatable bonds is 7. The van der Waals surface area contributed by atoms with Crippen LogP contribution in [0.4, 0.5) is 17.1 Å². The Kier molecular flexibility index (Phi) is 8.40. The second kappa shape index (κ2) is 14.7. The van der Waals surface area contributed by atoms with Crippen LogP contribution in [0.5, 0.6) is 0 Å². The van der Waals surface area contributed by atoms with E-state index in [0.29, 0.717) is 0 Å². The SMILES string of the molecule is c1ccc2c(c1)oc1cccc(-c3ccc(N(c4ccc(-c5ccc(-c6cccc7sc8ccccc8c67)cc5)cc4)c4ccc(-c5cccc6oc7ccccc7c56)cc4)cc3)c12. The van der Waals surface area contributed by atoms with E-state index in [1.165, 1.54) is 42.4 Å². The Morgan fingerprint density at radius 3 is 1.14 bits per heavy atom. The zero-order valence-electron chi connectivity index (χ0n) is 34.5. The second-order valence-electron chi connectivity index (χ2n) is 16.4. The number of fused-ring (bicyclic) bond motifs is 9. The Morgan fingerprint density at radius 2 is 0.625 bits per heavy atom. The Hall–Kier alpha value is -8.18. The first-order valence-corrected chi connectivity index (χ1v) is 22.5. The summed E-state index contributed by atoms with van der Waals surface area (Å²) in [6.45, 7) is 0. The molecule has 0 aliphatic rings. The van der Waals surface area contributed by atoms with Crippen molar-refractivity contribution in [2.75, 3.05) is 4.90 Å². The van der Waals surface area contributed by atoms with E-state index in [1.807, 2.05) is 35.6 Å². The van der Waals surface area contributed by atoms with Crippen LogP contribution in [0, 0.1) is 0 Å². The molecule has 64 heavy (non-hydrogen) atoms. The van der Waals surface area contributed by atoms with Crippen LogP contribution >= 0.6 is 11.3 Å². The van der Waals surface area contributed by atoms with Gasteiger partial charge in [0.05, 0.1) is 0 Å². The Balaban J connectivity index is 0.875. The highest BCUT2D eigenvalue weighted by Gasteiger charge is 2.18. The van der Waals surface area contributed by atoms with Gasteiger partial charge in [0.25, 0.3) is 0 Å². The summed E-state index contributed by atoms with van der Waals surface area (Å²) in [6.07, 6.45) is 0. The molecule has 0 spiro atoms. The van der Waals surface area contributed by atoms with Gasteiger partial charge in [-0.1, -0.05) is 152 Å². The van der Waals surface area contributed by atoms with Crippen molar-refractivity contribution in [2.45, 2.75) is 0 Å². The number of benzene rings is 10. The maximum Gasteiger partial charge on any atom is 0.136 e. The Labute approximate surface area is 373 Å². The summed E-state index contributed by atoms with van der Waals surface area (Å²) in [5.41, 5.74) is 16.2. The van der Waals surface area contributed by atoms with Gasteiger partial charge < -0.3 is 13.7 Å². The quantitative estimate of drug-likeness (QED) is 0.160. The summed E-state index contributed by atoms with van der Waals surface area (Å²) in [7, 11) is 0. The average molecular weight is 836 g/mol. The van der Waals surface area contributed by atoms with Crippen molar-refractivity contribution in [3.8, 4) is 44.5 Å². The van der Waals surface area contributed by atoms with Crippen LogP contribution in [0.25, 0.3) is 109 Å². The van der Waals surface area contributed by atoms with Crippen LogP contribution < -0.4 is 4.90 Å². The summed E-state index contributed by atoms with van der Waals surface area (Å²) >= 11 is 1.86. The van der Waals surface area contributed by atoms with E-state index in [0.717, 1.165) is 83.2 Å². The topological polar surface area (TPSA) is 29.5 Å². The van der Waals surface area contributed by atoms with Gasteiger partial charge in [-0.3, -0.25) is 0 Å². The van der Waals surface area contributed by atoms with Crippen LogP contribution in [-0.4, -0.2) is 0 Å². The molecule has 0 atom stereocenters. The molecule has 13 aromatic rings. The molecule has 3 aromatic heterocycles. The molecular weight excluding hydrogens is 799 g/mol. The van der Waals surface area contributed by atoms with Crippen LogP contribution in [0.3, 0.4) is 0 Å². The van der Waals surface area contributed by atoms with Crippen molar-refractivity contribution in [2.24, 2.45) is 0 Å². The maximum atomic E-state index is 6.25. The minimum atomic E-state index is 0.895. The Morgan fingerprint density at radius 1 is 0.266 bits per heavy atom. The first-order valence-electron chi connectivity index (χ1n) is 21.6. The van der Waals surface area contributed by atoms with Gasteiger partial charge in [0.2, 0.25) is 0 Å². The fraction of sp³-hybridized carbons (Fsp3) is 0. The summed E-state index contributed by atoms with van der Waals surface area (Å²) in [5, 5.41) is 7.18. The van der Waals surface area contributed by atoms with Crippen LogP contribution in [0.15, 0.2) is 233 Å². The number of nitrogens with zero attached hydrogens (tertiary/aromatic N) is 1. The smallest absolute Gasteiger partial charge is 0.136 e. The van der Waals surface area contributed by atoms with Crippen molar-refractivity contribution >= 4 is 92.4 Å². The van der Waals surface area contributed by atoms with Crippen molar-refractivity contribution in [1.82, 2.24) is 0 Å². The molecule has 0 fully saturated rings. The van der Waals surface area contributed by atoms with E-state index in [4.69, 9.17) is 8.83 Å². The van der Waals surface area contributed by atoms with E-state index >= 15 is 0 Å². The zero-order chi connectivity index (χ0) is 42.1. The molecule has 10 aromatic carbocycles. The minimum Gasteiger partial charge on any atom is -0.456 e. The van der Waals surface area contributed by atoms with E-state index in [9.17, 15) is 0 Å². The number of furan rings is 2. The van der Waals surface area contributed by atoms with Gasteiger partial charge in [-0.25, -0.2) is 0 Å². The lowest BCUT2D eigenvalue weighted by Gasteiger charge is -2.26. The largest absolute Gasteiger partial charge is 0.456 e. The summed E-state index contributed by atoms with van der Waals surface area (Å²) in [5.74, 6) is 0. The molecule has 13 rings (SSSR count). The molecule has 0 N–H and O–H groups in total. The number of anilines is 3. The van der Waals surface area contributed by atoms with Crippen molar-refractivity contribution in [1.29, 1.82) is 0 Å². The lowest BCUT2D eigenvalue weighted by atomic mass is 9.96. The van der Waals surface area contributed by atoms with Gasteiger partial charge in [0, 0.05) is 58.8 Å². The van der Waals surface area contributed by atoms with Crippen molar-refractivity contribution in [3.05, 3.63) is 224 Å². The molecule has 0 aliphatic heterocycles. The van der Waals surface area contributed by atoms with Crippen LogP contribution in [-0.2, 0) is 0 Å². The van der Waals surface area contributed by atoms with E-state index < -0.39 is 0 Å². The van der Waals surface area contributed by atoms with Gasteiger partial charge >= 0.3 is 0 Å².